The largest absolute Gasteiger partial charge is 0.494 e. The molecule has 0 saturated carbocycles. The summed E-state index contributed by atoms with van der Waals surface area (Å²) in [5.41, 5.74) is 1.19. The Balaban J connectivity index is 1.86. The molecular weight excluding hydrogens is 424 g/mol. The van der Waals surface area contributed by atoms with Gasteiger partial charge in [0.15, 0.2) is 5.16 Å². The standard InChI is InChI=1S/C24H26N4O3S/c1-4-31-19-12-10-18(11-13-19)27(15-7-14-25)22(29)16-32-24-26-21-9-6-5-8-20(21)23(30)28(24)17(2)3/h5-6,8-13,17H,4,7,15-16H2,1-3H3. The molecule has 1 aromatic heterocycles. The number of thioether (sulfide) groups is 1. The number of anilines is 1. The Hall–Kier alpha value is -3.31. The first kappa shape index (κ1) is 23.4. The van der Waals surface area contributed by atoms with E-state index in [1.165, 1.54) is 11.8 Å². The number of benzene rings is 2. The van der Waals surface area contributed by atoms with Crippen molar-refractivity contribution in [3.05, 3.63) is 58.9 Å². The van der Waals surface area contributed by atoms with Gasteiger partial charge < -0.3 is 9.64 Å². The summed E-state index contributed by atoms with van der Waals surface area (Å²) in [6, 6.07) is 16.4. The minimum Gasteiger partial charge on any atom is -0.494 e. The third kappa shape index (κ3) is 5.29. The fourth-order valence-electron chi connectivity index (χ4n) is 3.34. The van der Waals surface area contributed by atoms with Crippen LogP contribution in [0.1, 0.15) is 33.2 Å². The van der Waals surface area contributed by atoms with Crippen LogP contribution in [0.15, 0.2) is 58.5 Å². The van der Waals surface area contributed by atoms with Crippen molar-refractivity contribution in [3.63, 3.8) is 0 Å². The SMILES string of the molecule is CCOc1ccc(N(CCC#N)C(=O)CSc2nc3ccccc3c(=O)n2C(C)C)cc1. The smallest absolute Gasteiger partial charge is 0.262 e. The molecule has 0 aliphatic rings. The molecule has 8 heteroatoms. The molecule has 0 spiro atoms. The molecule has 0 unspecified atom stereocenters. The molecule has 0 radical (unpaired) electrons. The fraction of sp³-hybridized carbons (Fsp3) is 0.333. The van der Waals surface area contributed by atoms with Crippen LogP contribution in [0, 0.1) is 11.3 Å². The average molecular weight is 451 g/mol. The number of carbonyl (C=O) groups excluding carboxylic acids is 1. The predicted molar refractivity (Wildman–Crippen MR) is 127 cm³/mol. The molecule has 166 valence electrons. The van der Waals surface area contributed by atoms with Crippen LogP contribution in [0.25, 0.3) is 10.9 Å². The number of hydrogen-bond acceptors (Lipinski definition) is 6. The molecule has 32 heavy (non-hydrogen) atoms. The number of aromatic nitrogens is 2. The third-order valence-corrected chi connectivity index (χ3v) is 5.76. The number of fused-ring (bicyclic) bond motifs is 1. The van der Waals surface area contributed by atoms with Crippen LogP contribution in [0.2, 0.25) is 0 Å². The molecule has 0 N–H and O–H groups in total. The normalized spacial score (nSPS) is 10.8. The van der Waals surface area contributed by atoms with Crippen LogP contribution >= 0.6 is 11.8 Å². The lowest BCUT2D eigenvalue weighted by Crippen LogP contribution is -2.33. The first-order valence-corrected chi connectivity index (χ1v) is 11.5. The monoisotopic (exact) mass is 450 g/mol. The maximum atomic E-state index is 13.1. The number of carbonyl (C=O) groups is 1. The Morgan fingerprint density at radius 3 is 2.59 bits per heavy atom. The second-order valence-corrected chi connectivity index (χ2v) is 8.29. The molecule has 0 saturated heterocycles. The van der Waals surface area contributed by atoms with E-state index >= 15 is 0 Å². The number of ether oxygens (including phenoxy) is 1. The van der Waals surface area contributed by atoms with Crippen molar-refractivity contribution in [1.82, 2.24) is 9.55 Å². The van der Waals surface area contributed by atoms with Crippen LogP contribution in [0.3, 0.4) is 0 Å². The number of amides is 1. The lowest BCUT2D eigenvalue weighted by atomic mass is 10.2. The van der Waals surface area contributed by atoms with E-state index in [0.29, 0.717) is 28.4 Å². The molecule has 3 aromatic rings. The summed E-state index contributed by atoms with van der Waals surface area (Å²) >= 11 is 1.23. The summed E-state index contributed by atoms with van der Waals surface area (Å²) in [7, 11) is 0. The van der Waals surface area contributed by atoms with Crippen LogP contribution in [0.5, 0.6) is 5.75 Å². The molecule has 1 amide bonds. The minimum absolute atomic E-state index is 0.0934. The number of para-hydroxylation sites is 1. The van der Waals surface area contributed by atoms with Crippen molar-refractivity contribution in [2.75, 3.05) is 23.8 Å². The summed E-state index contributed by atoms with van der Waals surface area (Å²) in [5, 5.41) is 10.1. The second-order valence-electron chi connectivity index (χ2n) is 7.35. The third-order valence-electron chi connectivity index (χ3n) is 4.82. The highest BCUT2D eigenvalue weighted by atomic mass is 32.2. The van der Waals surface area contributed by atoms with Gasteiger partial charge in [-0.3, -0.25) is 14.2 Å². The molecule has 7 nitrogen and oxygen atoms in total. The van der Waals surface area contributed by atoms with E-state index in [2.05, 4.69) is 11.1 Å². The summed E-state index contributed by atoms with van der Waals surface area (Å²) in [5.74, 6) is 0.655. The van der Waals surface area contributed by atoms with Crippen LogP contribution < -0.4 is 15.2 Å². The quantitative estimate of drug-likeness (QED) is 0.354. The minimum atomic E-state index is -0.160. The lowest BCUT2D eigenvalue weighted by molar-refractivity contribution is -0.116. The Bertz CT molecular complexity index is 1180. The van der Waals surface area contributed by atoms with Crippen molar-refractivity contribution in [2.24, 2.45) is 0 Å². The Labute approximate surface area is 191 Å². The molecule has 0 aliphatic carbocycles. The van der Waals surface area contributed by atoms with Crippen molar-refractivity contribution in [2.45, 2.75) is 38.4 Å². The van der Waals surface area contributed by atoms with E-state index < -0.39 is 0 Å². The average Bonchev–Trinajstić information content (AvgIpc) is 2.79. The summed E-state index contributed by atoms with van der Waals surface area (Å²) in [4.78, 5) is 32.3. The predicted octanol–water partition coefficient (Wildman–Crippen LogP) is 4.42. The number of hydrogen-bond donors (Lipinski definition) is 0. The molecule has 2 aromatic carbocycles. The first-order valence-electron chi connectivity index (χ1n) is 10.5. The molecule has 3 rings (SSSR count). The second kappa shape index (κ2) is 10.8. The van der Waals surface area contributed by atoms with E-state index in [4.69, 9.17) is 10.00 Å². The topological polar surface area (TPSA) is 88.2 Å². The fourth-order valence-corrected chi connectivity index (χ4v) is 4.34. The Morgan fingerprint density at radius 2 is 1.94 bits per heavy atom. The van der Waals surface area contributed by atoms with Crippen LogP contribution in [-0.4, -0.2) is 34.4 Å². The van der Waals surface area contributed by atoms with E-state index in [9.17, 15) is 9.59 Å². The van der Waals surface area contributed by atoms with Gasteiger partial charge in [0.1, 0.15) is 5.75 Å². The molecule has 0 fully saturated rings. The number of rotatable bonds is 9. The van der Waals surface area contributed by atoms with Gasteiger partial charge in [0.05, 0.1) is 35.8 Å². The zero-order chi connectivity index (χ0) is 23.1. The highest BCUT2D eigenvalue weighted by Gasteiger charge is 2.19. The van der Waals surface area contributed by atoms with Gasteiger partial charge in [0.2, 0.25) is 5.91 Å². The highest BCUT2D eigenvalue weighted by molar-refractivity contribution is 7.99. The highest BCUT2D eigenvalue weighted by Crippen LogP contribution is 2.24. The van der Waals surface area contributed by atoms with Crippen molar-refractivity contribution < 1.29 is 9.53 Å². The van der Waals surface area contributed by atoms with E-state index in [0.717, 1.165) is 5.75 Å². The molecule has 1 heterocycles. The van der Waals surface area contributed by atoms with Gasteiger partial charge >= 0.3 is 0 Å². The maximum Gasteiger partial charge on any atom is 0.262 e. The lowest BCUT2D eigenvalue weighted by Gasteiger charge is -2.22. The van der Waals surface area contributed by atoms with E-state index in [1.54, 1.807) is 33.7 Å². The molecular formula is C24H26N4O3S. The van der Waals surface area contributed by atoms with Gasteiger partial charge in [0.25, 0.3) is 5.56 Å². The van der Waals surface area contributed by atoms with E-state index in [1.807, 2.05) is 45.0 Å². The molecule has 0 atom stereocenters. The zero-order valence-electron chi connectivity index (χ0n) is 18.4. The first-order chi connectivity index (χ1) is 15.5. The van der Waals surface area contributed by atoms with Gasteiger partial charge in [-0.25, -0.2) is 4.98 Å². The van der Waals surface area contributed by atoms with Crippen LogP contribution in [-0.2, 0) is 4.79 Å². The van der Waals surface area contributed by atoms with Crippen molar-refractivity contribution in [1.29, 1.82) is 5.26 Å². The van der Waals surface area contributed by atoms with Gasteiger partial charge in [0, 0.05) is 18.3 Å². The maximum absolute atomic E-state index is 13.1. The number of nitrogens with zero attached hydrogens (tertiary/aromatic N) is 4. The van der Waals surface area contributed by atoms with Crippen LogP contribution in [0.4, 0.5) is 5.69 Å². The Kier molecular flexibility index (Phi) is 7.90. The van der Waals surface area contributed by atoms with Crippen molar-refractivity contribution >= 4 is 34.3 Å². The Morgan fingerprint density at radius 1 is 1.22 bits per heavy atom. The van der Waals surface area contributed by atoms with Gasteiger partial charge in [-0.05, 0) is 57.2 Å². The van der Waals surface area contributed by atoms with Gasteiger partial charge in [-0.1, -0.05) is 23.9 Å². The van der Waals surface area contributed by atoms with E-state index in [-0.39, 0.29) is 36.2 Å². The molecule has 0 aliphatic heterocycles. The van der Waals surface area contributed by atoms with Gasteiger partial charge in [-0.2, -0.15) is 5.26 Å². The van der Waals surface area contributed by atoms with Crippen molar-refractivity contribution in [3.8, 4) is 11.8 Å². The summed E-state index contributed by atoms with van der Waals surface area (Å²) in [6.07, 6.45) is 0.217. The zero-order valence-corrected chi connectivity index (χ0v) is 19.3. The summed E-state index contributed by atoms with van der Waals surface area (Å²) < 4.78 is 7.09. The van der Waals surface area contributed by atoms with Gasteiger partial charge in [-0.15, -0.1) is 0 Å². The molecule has 0 bridgehead atoms. The summed E-state index contributed by atoms with van der Waals surface area (Å²) in [6.45, 7) is 6.59. The number of nitriles is 1.